The van der Waals surface area contributed by atoms with Crippen molar-refractivity contribution < 1.29 is 14.3 Å². The van der Waals surface area contributed by atoms with E-state index < -0.39 is 0 Å². The van der Waals surface area contributed by atoms with Crippen LogP contribution in [0.15, 0.2) is 29.6 Å². The summed E-state index contributed by atoms with van der Waals surface area (Å²) >= 11 is 1.46. The van der Waals surface area contributed by atoms with Gasteiger partial charge in [0.15, 0.2) is 0 Å². The average molecular weight is 335 g/mol. The molecule has 23 heavy (non-hydrogen) atoms. The van der Waals surface area contributed by atoms with Gasteiger partial charge in [-0.2, -0.15) is 0 Å². The number of benzene rings is 1. The van der Waals surface area contributed by atoms with Crippen LogP contribution in [0.25, 0.3) is 0 Å². The van der Waals surface area contributed by atoms with Gasteiger partial charge in [-0.1, -0.05) is 0 Å². The second kappa shape index (κ2) is 9.12. The third-order valence-corrected chi connectivity index (χ3v) is 3.99. The van der Waals surface area contributed by atoms with E-state index in [1.54, 1.807) is 12.5 Å². The van der Waals surface area contributed by atoms with Crippen LogP contribution in [0.5, 0.6) is 11.5 Å². The lowest BCUT2D eigenvalue weighted by Crippen LogP contribution is -2.25. The van der Waals surface area contributed by atoms with Gasteiger partial charge in [0, 0.05) is 18.3 Å². The van der Waals surface area contributed by atoms with Crippen molar-refractivity contribution in [1.82, 2.24) is 10.3 Å². The Morgan fingerprint density at radius 3 is 2.74 bits per heavy atom. The summed E-state index contributed by atoms with van der Waals surface area (Å²) in [7, 11) is 1.62. The first-order valence-corrected chi connectivity index (χ1v) is 8.30. The number of hydrogen-bond donors (Lipinski definition) is 2. The van der Waals surface area contributed by atoms with Crippen LogP contribution in [0.2, 0.25) is 0 Å². The maximum absolute atomic E-state index is 11.9. The van der Waals surface area contributed by atoms with E-state index >= 15 is 0 Å². The highest BCUT2D eigenvalue weighted by atomic mass is 32.1. The molecule has 1 heterocycles. The van der Waals surface area contributed by atoms with Gasteiger partial charge in [-0.25, -0.2) is 4.98 Å². The quantitative estimate of drug-likeness (QED) is 0.683. The molecule has 6 nitrogen and oxygen atoms in total. The van der Waals surface area contributed by atoms with Gasteiger partial charge in [-0.3, -0.25) is 4.79 Å². The number of amides is 1. The van der Waals surface area contributed by atoms with Gasteiger partial charge in [0.2, 0.25) is 0 Å². The molecule has 0 unspecified atom stereocenters. The topological polar surface area (TPSA) is 86.5 Å². The molecule has 1 aromatic carbocycles. The number of nitrogens with zero attached hydrogens (tertiary/aromatic N) is 1. The van der Waals surface area contributed by atoms with Crippen LogP contribution >= 0.6 is 11.3 Å². The summed E-state index contributed by atoms with van der Waals surface area (Å²) in [5, 5.41) is 5.48. The van der Waals surface area contributed by atoms with E-state index in [4.69, 9.17) is 15.2 Å². The second-order valence-electron chi connectivity index (χ2n) is 4.80. The van der Waals surface area contributed by atoms with Crippen LogP contribution in [-0.4, -0.2) is 37.7 Å². The monoisotopic (exact) mass is 335 g/mol. The molecule has 2 aromatic rings. The maximum Gasteiger partial charge on any atom is 0.270 e. The van der Waals surface area contributed by atoms with Crippen molar-refractivity contribution in [2.24, 2.45) is 5.73 Å². The highest BCUT2D eigenvalue weighted by Crippen LogP contribution is 2.17. The smallest absolute Gasteiger partial charge is 0.270 e. The third-order valence-electron chi connectivity index (χ3n) is 3.08. The standard InChI is InChI=1S/C16H21N3O3S/c1-21-12-3-5-13(6-4-12)22-10-2-9-18-16(20)14-11-23-15(19-14)7-8-17/h3-6,11H,2,7-10,17H2,1H3,(H,18,20). The van der Waals surface area contributed by atoms with Gasteiger partial charge < -0.3 is 20.5 Å². The van der Waals surface area contributed by atoms with Crippen molar-refractivity contribution in [2.75, 3.05) is 26.8 Å². The van der Waals surface area contributed by atoms with E-state index in [1.165, 1.54) is 11.3 Å². The van der Waals surface area contributed by atoms with Crippen LogP contribution in [0.3, 0.4) is 0 Å². The van der Waals surface area contributed by atoms with E-state index in [0.29, 0.717) is 31.8 Å². The third kappa shape index (κ3) is 5.54. The number of rotatable bonds is 9. The van der Waals surface area contributed by atoms with Crippen LogP contribution in [0.4, 0.5) is 0 Å². The Morgan fingerprint density at radius 2 is 2.04 bits per heavy atom. The maximum atomic E-state index is 11.9. The largest absolute Gasteiger partial charge is 0.497 e. The van der Waals surface area contributed by atoms with Crippen LogP contribution in [-0.2, 0) is 6.42 Å². The lowest BCUT2D eigenvalue weighted by Gasteiger charge is -2.07. The summed E-state index contributed by atoms with van der Waals surface area (Å²) in [6.45, 7) is 1.61. The molecular formula is C16H21N3O3S. The van der Waals surface area contributed by atoms with Crippen molar-refractivity contribution in [3.8, 4) is 11.5 Å². The Hall–Kier alpha value is -2.12. The van der Waals surface area contributed by atoms with Crippen LogP contribution in [0, 0.1) is 0 Å². The first kappa shape index (κ1) is 17.2. The zero-order chi connectivity index (χ0) is 16.5. The summed E-state index contributed by atoms with van der Waals surface area (Å²) < 4.78 is 10.7. The number of carbonyl (C=O) groups is 1. The molecule has 124 valence electrons. The Balaban J connectivity index is 1.65. The lowest BCUT2D eigenvalue weighted by atomic mass is 10.3. The molecule has 0 aliphatic heterocycles. The van der Waals surface area contributed by atoms with Gasteiger partial charge in [0.25, 0.3) is 5.91 Å². The van der Waals surface area contributed by atoms with Crippen molar-refractivity contribution in [1.29, 1.82) is 0 Å². The normalized spacial score (nSPS) is 10.3. The van der Waals surface area contributed by atoms with E-state index in [9.17, 15) is 4.79 Å². The predicted octanol–water partition coefficient (Wildman–Crippen LogP) is 1.85. The molecule has 0 fully saturated rings. The number of ether oxygens (including phenoxy) is 2. The number of thiazole rings is 1. The minimum absolute atomic E-state index is 0.158. The van der Waals surface area contributed by atoms with Crippen LogP contribution < -0.4 is 20.5 Å². The zero-order valence-corrected chi connectivity index (χ0v) is 13.9. The molecule has 2 rings (SSSR count). The minimum atomic E-state index is -0.158. The molecule has 0 saturated carbocycles. The molecule has 1 amide bonds. The summed E-state index contributed by atoms with van der Waals surface area (Å²) in [6, 6.07) is 7.40. The Bertz CT molecular complexity index is 613. The number of hydrogen-bond acceptors (Lipinski definition) is 6. The van der Waals surface area contributed by atoms with E-state index in [1.807, 2.05) is 24.3 Å². The molecule has 0 radical (unpaired) electrons. The summed E-state index contributed by atoms with van der Waals surface area (Å²) in [4.78, 5) is 16.2. The van der Waals surface area contributed by atoms with Gasteiger partial charge in [-0.05, 0) is 37.2 Å². The molecule has 7 heteroatoms. The number of methoxy groups -OCH3 is 1. The molecule has 0 bridgehead atoms. The Labute approximate surface area is 139 Å². The summed E-state index contributed by atoms with van der Waals surface area (Å²) in [6.07, 6.45) is 1.42. The van der Waals surface area contributed by atoms with Gasteiger partial charge >= 0.3 is 0 Å². The molecule has 1 aromatic heterocycles. The fraction of sp³-hybridized carbons (Fsp3) is 0.375. The fourth-order valence-electron chi connectivity index (χ4n) is 1.88. The SMILES string of the molecule is COc1ccc(OCCCNC(=O)c2csc(CCN)n2)cc1. The first-order valence-electron chi connectivity index (χ1n) is 7.42. The van der Waals surface area contributed by atoms with Crippen LogP contribution in [0.1, 0.15) is 21.9 Å². The average Bonchev–Trinajstić information content (AvgIpc) is 3.04. The lowest BCUT2D eigenvalue weighted by molar-refractivity contribution is 0.0947. The van der Waals surface area contributed by atoms with Gasteiger partial charge in [0.05, 0.1) is 18.7 Å². The van der Waals surface area contributed by atoms with Gasteiger partial charge in [0.1, 0.15) is 17.2 Å². The van der Waals surface area contributed by atoms with Gasteiger partial charge in [-0.15, -0.1) is 11.3 Å². The van der Waals surface area contributed by atoms with Crippen molar-refractivity contribution in [2.45, 2.75) is 12.8 Å². The molecular weight excluding hydrogens is 314 g/mol. The fourth-order valence-corrected chi connectivity index (χ4v) is 2.67. The molecule has 0 saturated heterocycles. The highest BCUT2D eigenvalue weighted by molar-refractivity contribution is 7.09. The number of nitrogens with two attached hydrogens (primary N) is 1. The summed E-state index contributed by atoms with van der Waals surface area (Å²) in [5.41, 5.74) is 5.92. The highest BCUT2D eigenvalue weighted by Gasteiger charge is 2.09. The Morgan fingerprint density at radius 1 is 1.30 bits per heavy atom. The van der Waals surface area contributed by atoms with E-state index in [2.05, 4.69) is 10.3 Å². The van der Waals surface area contributed by atoms with Crippen molar-refractivity contribution >= 4 is 17.2 Å². The van der Waals surface area contributed by atoms with E-state index in [0.717, 1.165) is 22.9 Å². The second-order valence-corrected chi connectivity index (χ2v) is 5.74. The number of nitrogens with one attached hydrogen (secondary N) is 1. The van der Waals surface area contributed by atoms with Crippen molar-refractivity contribution in [3.63, 3.8) is 0 Å². The Kier molecular flexibility index (Phi) is 6.83. The number of aromatic nitrogens is 1. The predicted molar refractivity (Wildman–Crippen MR) is 90.3 cm³/mol. The summed E-state index contributed by atoms with van der Waals surface area (Å²) in [5.74, 6) is 1.42. The molecule has 0 spiro atoms. The molecule has 3 N–H and O–H groups in total. The first-order chi connectivity index (χ1) is 11.2. The number of carbonyl (C=O) groups excluding carboxylic acids is 1. The zero-order valence-electron chi connectivity index (χ0n) is 13.1. The van der Waals surface area contributed by atoms with E-state index in [-0.39, 0.29) is 5.91 Å². The molecule has 0 atom stereocenters. The minimum Gasteiger partial charge on any atom is -0.497 e. The van der Waals surface area contributed by atoms with Crippen molar-refractivity contribution in [3.05, 3.63) is 40.3 Å². The molecule has 0 aliphatic carbocycles. The molecule has 0 aliphatic rings.